The average molecular weight is 265 g/mol. The number of amides is 1. The van der Waals surface area contributed by atoms with Crippen molar-refractivity contribution in [1.29, 1.82) is 0 Å². The van der Waals surface area contributed by atoms with Crippen LogP contribution >= 0.6 is 11.6 Å². The Morgan fingerprint density at radius 1 is 1.39 bits per heavy atom. The molecule has 0 aliphatic carbocycles. The highest BCUT2D eigenvalue weighted by Gasteiger charge is 2.24. The average Bonchev–Trinajstić information content (AvgIpc) is 2.52. The predicted molar refractivity (Wildman–Crippen MR) is 74.9 cm³/mol. The third kappa shape index (κ3) is 2.36. The van der Waals surface area contributed by atoms with Gasteiger partial charge >= 0.3 is 0 Å². The number of aromatic nitrogens is 1. The first kappa shape index (κ1) is 13.0. The maximum Gasteiger partial charge on any atom is 0.223 e. The Morgan fingerprint density at radius 3 is 2.61 bits per heavy atom. The Hall–Kier alpha value is -1.48. The van der Waals surface area contributed by atoms with Crippen LogP contribution in [0.5, 0.6) is 0 Å². The lowest BCUT2D eigenvalue weighted by Gasteiger charge is -2.20. The summed E-state index contributed by atoms with van der Waals surface area (Å²) in [6.45, 7) is 6.34. The highest BCUT2D eigenvalue weighted by atomic mass is 35.5. The molecule has 3 nitrogen and oxygen atoms in total. The minimum atomic E-state index is -0.335. The zero-order valence-electron chi connectivity index (χ0n) is 10.8. The number of H-pyrrole nitrogens is 1. The summed E-state index contributed by atoms with van der Waals surface area (Å²) in [5, 5.41) is 1.75. The minimum Gasteiger partial charge on any atom is -0.369 e. The van der Waals surface area contributed by atoms with E-state index in [0.29, 0.717) is 5.02 Å². The number of halogens is 1. The van der Waals surface area contributed by atoms with E-state index in [2.05, 4.69) is 25.8 Å². The van der Waals surface area contributed by atoms with E-state index >= 15 is 0 Å². The normalized spacial score (nSPS) is 12.0. The molecule has 0 unspecified atom stereocenters. The standard InChI is InChI=1S/C14H17ClN2O/c1-14(2,3)13-9-6-8(15)4-5-10(9)17-11(13)7-12(16)18/h4-6,17H,7H2,1-3H3,(H2,16,18). The summed E-state index contributed by atoms with van der Waals surface area (Å²) >= 11 is 6.05. The van der Waals surface area contributed by atoms with Gasteiger partial charge in [-0.05, 0) is 29.2 Å². The van der Waals surface area contributed by atoms with Crippen LogP contribution in [0.3, 0.4) is 0 Å². The first-order chi connectivity index (χ1) is 8.29. The minimum absolute atomic E-state index is 0.0757. The Balaban J connectivity index is 2.73. The van der Waals surface area contributed by atoms with Crippen molar-refractivity contribution in [2.45, 2.75) is 32.6 Å². The summed E-state index contributed by atoms with van der Waals surface area (Å²) in [5.74, 6) is -0.335. The number of carbonyl (C=O) groups excluding carboxylic acids is 1. The maximum absolute atomic E-state index is 11.2. The Bertz CT molecular complexity index is 608. The van der Waals surface area contributed by atoms with Gasteiger partial charge in [-0.1, -0.05) is 32.4 Å². The molecular formula is C14H17ClN2O. The van der Waals surface area contributed by atoms with E-state index in [9.17, 15) is 4.79 Å². The highest BCUT2D eigenvalue weighted by Crippen LogP contribution is 2.34. The molecule has 0 spiro atoms. The van der Waals surface area contributed by atoms with Crippen molar-refractivity contribution >= 4 is 28.4 Å². The number of hydrogen-bond acceptors (Lipinski definition) is 1. The monoisotopic (exact) mass is 264 g/mol. The molecular weight excluding hydrogens is 248 g/mol. The number of rotatable bonds is 2. The summed E-state index contributed by atoms with van der Waals surface area (Å²) in [6.07, 6.45) is 0.221. The molecule has 4 heteroatoms. The van der Waals surface area contributed by atoms with Crippen LogP contribution in [0.25, 0.3) is 10.9 Å². The molecule has 0 radical (unpaired) electrons. The fourth-order valence-electron chi connectivity index (χ4n) is 2.38. The number of benzene rings is 1. The quantitative estimate of drug-likeness (QED) is 0.860. The van der Waals surface area contributed by atoms with Gasteiger partial charge in [-0.2, -0.15) is 0 Å². The van der Waals surface area contributed by atoms with Crippen LogP contribution in [0.4, 0.5) is 0 Å². The molecule has 0 aliphatic rings. The van der Waals surface area contributed by atoms with Gasteiger partial charge in [-0.3, -0.25) is 4.79 Å². The number of primary amides is 1. The van der Waals surface area contributed by atoms with Gasteiger partial charge in [-0.15, -0.1) is 0 Å². The van der Waals surface area contributed by atoms with Gasteiger partial charge in [0, 0.05) is 21.6 Å². The Labute approximate surface area is 111 Å². The molecule has 0 saturated heterocycles. The molecule has 1 aromatic heterocycles. The third-order valence-electron chi connectivity index (χ3n) is 2.94. The molecule has 0 saturated carbocycles. The molecule has 1 amide bonds. The van der Waals surface area contributed by atoms with E-state index in [-0.39, 0.29) is 17.7 Å². The van der Waals surface area contributed by atoms with Gasteiger partial charge in [-0.25, -0.2) is 0 Å². The lowest BCUT2D eigenvalue weighted by Crippen LogP contribution is -2.19. The molecule has 1 heterocycles. The number of aromatic amines is 1. The van der Waals surface area contributed by atoms with E-state index in [4.69, 9.17) is 17.3 Å². The van der Waals surface area contributed by atoms with Crippen LogP contribution < -0.4 is 5.73 Å². The highest BCUT2D eigenvalue weighted by molar-refractivity contribution is 6.31. The van der Waals surface area contributed by atoms with Crippen LogP contribution in [-0.4, -0.2) is 10.9 Å². The smallest absolute Gasteiger partial charge is 0.223 e. The van der Waals surface area contributed by atoms with Gasteiger partial charge < -0.3 is 10.7 Å². The van der Waals surface area contributed by atoms with Crippen LogP contribution in [0.1, 0.15) is 32.0 Å². The molecule has 3 N–H and O–H groups in total. The molecule has 2 aromatic rings. The van der Waals surface area contributed by atoms with E-state index in [1.165, 1.54) is 0 Å². The van der Waals surface area contributed by atoms with E-state index in [1.807, 2.05) is 18.2 Å². The summed E-state index contributed by atoms with van der Waals surface area (Å²) in [7, 11) is 0. The van der Waals surface area contributed by atoms with Gasteiger partial charge in [0.05, 0.1) is 6.42 Å². The van der Waals surface area contributed by atoms with Crippen molar-refractivity contribution in [1.82, 2.24) is 4.98 Å². The first-order valence-electron chi connectivity index (χ1n) is 5.88. The second kappa shape index (κ2) is 4.32. The van der Waals surface area contributed by atoms with Gasteiger partial charge in [0.15, 0.2) is 0 Å². The fraction of sp³-hybridized carbons (Fsp3) is 0.357. The van der Waals surface area contributed by atoms with Crippen molar-refractivity contribution in [2.75, 3.05) is 0 Å². The Kier molecular flexibility index (Phi) is 3.11. The van der Waals surface area contributed by atoms with Crippen LogP contribution in [-0.2, 0) is 16.6 Å². The number of fused-ring (bicyclic) bond motifs is 1. The zero-order chi connectivity index (χ0) is 13.5. The van der Waals surface area contributed by atoms with Crippen molar-refractivity contribution < 1.29 is 4.79 Å². The van der Waals surface area contributed by atoms with Crippen LogP contribution in [0.2, 0.25) is 5.02 Å². The van der Waals surface area contributed by atoms with E-state index in [0.717, 1.165) is 22.2 Å². The van der Waals surface area contributed by atoms with Crippen LogP contribution in [0.15, 0.2) is 18.2 Å². The molecule has 0 fully saturated rings. The molecule has 0 aliphatic heterocycles. The molecule has 0 atom stereocenters. The Morgan fingerprint density at radius 2 is 2.06 bits per heavy atom. The maximum atomic E-state index is 11.2. The summed E-state index contributed by atoms with van der Waals surface area (Å²) in [6, 6.07) is 5.69. The molecule has 18 heavy (non-hydrogen) atoms. The van der Waals surface area contributed by atoms with Crippen molar-refractivity contribution in [3.63, 3.8) is 0 Å². The number of hydrogen-bond donors (Lipinski definition) is 2. The predicted octanol–water partition coefficient (Wildman–Crippen LogP) is 3.15. The van der Waals surface area contributed by atoms with Crippen molar-refractivity contribution in [3.8, 4) is 0 Å². The van der Waals surface area contributed by atoms with Crippen LogP contribution in [0, 0.1) is 0 Å². The second-order valence-electron chi connectivity index (χ2n) is 5.56. The summed E-state index contributed by atoms with van der Waals surface area (Å²) < 4.78 is 0. The SMILES string of the molecule is CC(C)(C)c1c(CC(N)=O)[nH]c2ccc(Cl)cc12. The second-order valence-corrected chi connectivity index (χ2v) is 6.00. The number of nitrogens with one attached hydrogen (secondary N) is 1. The first-order valence-corrected chi connectivity index (χ1v) is 6.25. The topological polar surface area (TPSA) is 58.9 Å². The lowest BCUT2D eigenvalue weighted by atomic mass is 9.84. The van der Waals surface area contributed by atoms with Gasteiger partial charge in [0.1, 0.15) is 0 Å². The third-order valence-corrected chi connectivity index (χ3v) is 3.17. The fourth-order valence-corrected chi connectivity index (χ4v) is 2.56. The molecule has 1 aromatic carbocycles. The van der Waals surface area contributed by atoms with Gasteiger partial charge in [0.25, 0.3) is 0 Å². The summed E-state index contributed by atoms with van der Waals surface area (Å²) in [5.41, 5.74) is 8.21. The lowest BCUT2D eigenvalue weighted by molar-refractivity contribution is -0.117. The molecule has 2 rings (SSSR count). The van der Waals surface area contributed by atoms with Gasteiger partial charge in [0.2, 0.25) is 5.91 Å². The van der Waals surface area contributed by atoms with E-state index in [1.54, 1.807) is 0 Å². The summed E-state index contributed by atoms with van der Waals surface area (Å²) in [4.78, 5) is 14.4. The van der Waals surface area contributed by atoms with E-state index < -0.39 is 0 Å². The van der Waals surface area contributed by atoms with Crippen molar-refractivity contribution in [3.05, 3.63) is 34.5 Å². The molecule has 0 bridgehead atoms. The molecule has 96 valence electrons. The number of carbonyl (C=O) groups is 1. The largest absolute Gasteiger partial charge is 0.369 e. The zero-order valence-corrected chi connectivity index (χ0v) is 11.6. The van der Waals surface area contributed by atoms with Crippen molar-refractivity contribution in [2.24, 2.45) is 5.73 Å². The number of nitrogens with two attached hydrogens (primary N) is 1.